The van der Waals surface area contributed by atoms with Crippen LogP contribution in [-0.4, -0.2) is 72.8 Å². The third-order valence-electron chi connectivity index (χ3n) is 9.13. The number of anilines is 1. The molecule has 6 rings (SSSR count). The molecule has 4 aliphatic heterocycles. The Bertz CT molecular complexity index is 1130. The standard InChI is InChI=1S/C29H37N3O6/c1-17-7-3-4-11-21(17)31-27(34)25-29-13-12-22(38-29)23(26(33)30-18-8-5-9-19(15-18)36-2)24(29)28(35)32(25)16-20-10-6-14-37-20/h5,8-9,12-13,15,17,20-25H,3-4,6-7,10-11,14,16H2,1-2H3,(H,30,33)(H,31,34)/t17-,20-,21+,22+,23-,24+,25+,29+/m0/s1. The Balaban J connectivity index is 1.29. The number of ether oxygens (including phenoxy) is 3. The summed E-state index contributed by atoms with van der Waals surface area (Å²) in [6.07, 6.45) is 9.05. The predicted molar refractivity (Wildman–Crippen MR) is 139 cm³/mol. The van der Waals surface area contributed by atoms with Crippen LogP contribution in [0, 0.1) is 17.8 Å². The Hall–Kier alpha value is -2.91. The third kappa shape index (κ3) is 4.20. The monoisotopic (exact) mass is 523 g/mol. The third-order valence-corrected chi connectivity index (χ3v) is 9.13. The Morgan fingerprint density at radius 2 is 2.00 bits per heavy atom. The lowest BCUT2D eigenvalue weighted by Crippen LogP contribution is -2.58. The van der Waals surface area contributed by atoms with E-state index in [1.54, 1.807) is 36.3 Å². The number of methoxy groups -OCH3 is 1. The van der Waals surface area contributed by atoms with Crippen molar-refractivity contribution >= 4 is 23.4 Å². The van der Waals surface area contributed by atoms with Gasteiger partial charge in [-0.3, -0.25) is 14.4 Å². The Labute approximate surface area is 223 Å². The molecular formula is C29H37N3O6. The minimum absolute atomic E-state index is 0.0705. The van der Waals surface area contributed by atoms with Crippen molar-refractivity contribution in [2.24, 2.45) is 17.8 Å². The van der Waals surface area contributed by atoms with E-state index in [1.807, 2.05) is 12.2 Å². The van der Waals surface area contributed by atoms with Crippen LogP contribution in [-0.2, 0) is 23.9 Å². The van der Waals surface area contributed by atoms with Gasteiger partial charge >= 0.3 is 0 Å². The number of benzene rings is 1. The van der Waals surface area contributed by atoms with Crippen LogP contribution in [0.3, 0.4) is 0 Å². The number of likely N-dealkylation sites (tertiary alicyclic amines) is 1. The largest absolute Gasteiger partial charge is 0.497 e. The van der Waals surface area contributed by atoms with Gasteiger partial charge in [-0.05, 0) is 43.7 Å². The van der Waals surface area contributed by atoms with Crippen LogP contribution in [0.15, 0.2) is 36.4 Å². The summed E-state index contributed by atoms with van der Waals surface area (Å²) in [6.45, 7) is 3.15. The molecule has 0 aromatic heterocycles. The minimum Gasteiger partial charge on any atom is -0.497 e. The highest BCUT2D eigenvalue weighted by Gasteiger charge is 2.73. The van der Waals surface area contributed by atoms with Crippen LogP contribution in [0.4, 0.5) is 5.69 Å². The molecule has 0 radical (unpaired) electrons. The van der Waals surface area contributed by atoms with Gasteiger partial charge in [-0.15, -0.1) is 0 Å². The van der Waals surface area contributed by atoms with E-state index in [2.05, 4.69) is 17.6 Å². The van der Waals surface area contributed by atoms with E-state index in [1.165, 1.54) is 6.42 Å². The molecule has 1 saturated carbocycles. The van der Waals surface area contributed by atoms with Gasteiger partial charge in [0.25, 0.3) is 0 Å². The molecule has 204 valence electrons. The van der Waals surface area contributed by atoms with Crippen LogP contribution >= 0.6 is 0 Å². The molecule has 4 heterocycles. The molecule has 2 N–H and O–H groups in total. The maximum Gasteiger partial charge on any atom is 0.246 e. The predicted octanol–water partition coefficient (Wildman–Crippen LogP) is 2.66. The quantitative estimate of drug-likeness (QED) is 0.533. The summed E-state index contributed by atoms with van der Waals surface area (Å²) in [6, 6.07) is 6.34. The van der Waals surface area contributed by atoms with E-state index >= 15 is 0 Å². The van der Waals surface area contributed by atoms with Crippen molar-refractivity contribution in [2.75, 3.05) is 25.6 Å². The molecule has 1 aliphatic carbocycles. The van der Waals surface area contributed by atoms with E-state index in [0.29, 0.717) is 30.5 Å². The Kier molecular flexibility index (Phi) is 6.68. The van der Waals surface area contributed by atoms with E-state index in [0.717, 1.165) is 32.1 Å². The molecule has 8 atom stereocenters. The fourth-order valence-electron chi connectivity index (χ4n) is 7.19. The van der Waals surface area contributed by atoms with Crippen LogP contribution in [0.1, 0.15) is 45.4 Å². The summed E-state index contributed by atoms with van der Waals surface area (Å²) in [7, 11) is 1.57. The number of hydrogen-bond acceptors (Lipinski definition) is 6. The van der Waals surface area contributed by atoms with Crippen molar-refractivity contribution < 1.29 is 28.6 Å². The summed E-state index contributed by atoms with van der Waals surface area (Å²) in [4.78, 5) is 43.3. The molecule has 5 aliphatic rings. The van der Waals surface area contributed by atoms with Gasteiger partial charge in [0.15, 0.2) is 0 Å². The van der Waals surface area contributed by atoms with Crippen LogP contribution in [0.25, 0.3) is 0 Å². The van der Waals surface area contributed by atoms with Crippen LogP contribution in [0.5, 0.6) is 5.75 Å². The normalized spacial score (nSPS) is 37.4. The van der Waals surface area contributed by atoms with Crippen molar-refractivity contribution in [3.8, 4) is 5.75 Å². The molecule has 38 heavy (non-hydrogen) atoms. The van der Waals surface area contributed by atoms with Crippen molar-refractivity contribution in [1.82, 2.24) is 10.2 Å². The molecule has 1 spiro atoms. The van der Waals surface area contributed by atoms with E-state index in [9.17, 15) is 14.4 Å². The fourth-order valence-corrected chi connectivity index (χ4v) is 7.19. The van der Waals surface area contributed by atoms with Gasteiger partial charge in [0.2, 0.25) is 17.7 Å². The average molecular weight is 524 g/mol. The highest BCUT2D eigenvalue weighted by atomic mass is 16.5. The zero-order valence-electron chi connectivity index (χ0n) is 22.1. The topological polar surface area (TPSA) is 106 Å². The number of nitrogens with one attached hydrogen (secondary N) is 2. The second-order valence-electron chi connectivity index (χ2n) is 11.4. The molecule has 2 bridgehead atoms. The smallest absolute Gasteiger partial charge is 0.246 e. The lowest BCUT2D eigenvalue weighted by molar-refractivity contribution is -0.143. The first-order valence-corrected chi connectivity index (χ1v) is 14.0. The molecule has 9 nitrogen and oxygen atoms in total. The molecule has 1 aromatic rings. The van der Waals surface area contributed by atoms with Crippen molar-refractivity contribution in [1.29, 1.82) is 0 Å². The van der Waals surface area contributed by atoms with Crippen molar-refractivity contribution in [3.05, 3.63) is 36.4 Å². The molecular weight excluding hydrogens is 486 g/mol. The summed E-state index contributed by atoms with van der Waals surface area (Å²) in [5.74, 6) is -1.22. The van der Waals surface area contributed by atoms with Gasteiger partial charge in [0.1, 0.15) is 17.4 Å². The molecule has 4 fully saturated rings. The molecule has 0 unspecified atom stereocenters. The van der Waals surface area contributed by atoms with Gasteiger partial charge < -0.3 is 29.7 Å². The van der Waals surface area contributed by atoms with Crippen LogP contribution in [0.2, 0.25) is 0 Å². The number of amides is 3. The number of carbonyl (C=O) groups is 3. The Morgan fingerprint density at radius 1 is 1.16 bits per heavy atom. The minimum atomic E-state index is -1.17. The van der Waals surface area contributed by atoms with Crippen LogP contribution < -0.4 is 15.4 Å². The van der Waals surface area contributed by atoms with Crippen molar-refractivity contribution in [2.45, 2.75) is 75.3 Å². The van der Waals surface area contributed by atoms with Gasteiger partial charge in [-0.2, -0.15) is 0 Å². The summed E-state index contributed by atoms with van der Waals surface area (Å²) < 4.78 is 17.6. The number of fused-ring (bicyclic) bond motifs is 1. The fraction of sp³-hybridized carbons (Fsp3) is 0.621. The van der Waals surface area contributed by atoms with Gasteiger partial charge in [-0.25, -0.2) is 0 Å². The summed E-state index contributed by atoms with van der Waals surface area (Å²) >= 11 is 0. The first-order valence-electron chi connectivity index (χ1n) is 14.0. The SMILES string of the molecule is COc1cccc(NC(=O)[C@H]2[C@H]3C=C[C@@]4(O3)[C@H]2C(=O)N(C[C@@H]2CCCO2)[C@@H]4C(=O)N[C@@H]2CCCC[C@@H]2C)c1. The van der Waals surface area contributed by atoms with Gasteiger partial charge in [-0.1, -0.05) is 38.0 Å². The highest BCUT2D eigenvalue weighted by molar-refractivity contribution is 6.02. The Morgan fingerprint density at radius 3 is 2.76 bits per heavy atom. The molecule has 9 heteroatoms. The lowest BCUT2D eigenvalue weighted by Gasteiger charge is -2.36. The van der Waals surface area contributed by atoms with Gasteiger partial charge in [0.05, 0.1) is 31.2 Å². The van der Waals surface area contributed by atoms with Crippen molar-refractivity contribution in [3.63, 3.8) is 0 Å². The zero-order valence-corrected chi connectivity index (χ0v) is 22.1. The number of carbonyl (C=O) groups excluding carboxylic acids is 3. The second-order valence-corrected chi connectivity index (χ2v) is 11.4. The van der Waals surface area contributed by atoms with E-state index < -0.39 is 29.6 Å². The first kappa shape index (κ1) is 25.4. The zero-order chi connectivity index (χ0) is 26.4. The molecule has 1 aromatic carbocycles. The number of hydrogen-bond donors (Lipinski definition) is 2. The second kappa shape index (κ2) is 10.0. The molecule has 3 saturated heterocycles. The highest BCUT2D eigenvalue weighted by Crippen LogP contribution is 2.55. The lowest BCUT2D eigenvalue weighted by atomic mass is 9.74. The van der Waals surface area contributed by atoms with E-state index in [4.69, 9.17) is 14.2 Å². The first-order chi connectivity index (χ1) is 18.4. The summed E-state index contributed by atoms with van der Waals surface area (Å²) in [5.41, 5.74) is -0.587. The van der Waals surface area contributed by atoms with E-state index in [-0.39, 0.29) is 29.9 Å². The summed E-state index contributed by atoms with van der Waals surface area (Å²) in [5, 5.41) is 6.22. The maximum absolute atomic E-state index is 14.1. The number of rotatable bonds is 7. The molecule has 3 amide bonds. The van der Waals surface area contributed by atoms with Gasteiger partial charge in [0, 0.05) is 30.9 Å². The average Bonchev–Trinajstić information content (AvgIpc) is 3.69. The number of nitrogens with zero attached hydrogens (tertiary/aromatic N) is 1. The maximum atomic E-state index is 14.1.